The van der Waals surface area contributed by atoms with Gasteiger partial charge in [-0.3, -0.25) is 4.79 Å². The lowest BCUT2D eigenvalue weighted by molar-refractivity contribution is 0.0523. The summed E-state index contributed by atoms with van der Waals surface area (Å²) in [5.74, 6) is -0.430. The molecule has 0 spiro atoms. The molecule has 0 unspecified atom stereocenters. The average molecular weight is 251 g/mol. The van der Waals surface area contributed by atoms with Crippen LogP contribution >= 0.6 is 11.3 Å². The van der Waals surface area contributed by atoms with Gasteiger partial charge >= 0.3 is 5.97 Å². The van der Waals surface area contributed by atoms with Crippen molar-refractivity contribution in [2.75, 3.05) is 6.61 Å². The maximum Gasteiger partial charge on any atom is 0.340 e. The molecule has 0 aliphatic carbocycles. The van der Waals surface area contributed by atoms with Gasteiger partial charge in [0, 0.05) is 16.8 Å². The van der Waals surface area contributed by atoms with Crippen LogP contribution < -0.4 is 0 Å². The number of carbonyl (C=O) groups is 2. The normalized spacial score (nSPS) is 10.8. The predicted molar refractivity (Wildman–Crippen MR) is 66.1 cm³/mol. The predicted octanol–water partition coefficient (Wildman–Crippen LogP) is 2.61. The van der Waals surface area contributed by atoms with Crippen molar-refractivity contribution < 1.29 is 14.3 Å². The summed E-state index contributed by atoms with van der Waals surface area (Å²) in [6.45, 7) is 5.84. The Labute approximate surface area is 103 Å². The zero-order chi connectivity index (χ0) is 12.6. The molecule has 2 rings (SSSR count). The van der Waals surface area contributed by atoms with Gasteiger partial charge in [0.2, 0.25) is 0 Å². The highest BCUT2D eigenvalue weighted by atomic mass is 32.1. The Morgan fingerprint density at radius 3 is 2.82 bits per heavy atom. The fraction of sp³-hybridized carbons (Fsp3) is 0.333. The van der Waals surface area contributed by atoms with E-state index in [2.05, 4.69) is 0 Å². The Kier molecular flexibility index (Phi) is 3.02. The summed E-state index contributed by atoms with van der Waals surface area (Å²) >= 11 is 1.50. The van der Waals surface area contributed by atoms with Crippen LogP contribution in [0.2, 0.25) is 0 Å². The van der Waals surface area contributed by atoms with E-state index in [1.807, 2.05) is 24.4 Å². The molecule has 0 aliphatic heterocycles. The molecule has 4 nitrogen and oxygen atoms in total. The number of rotatable bonds is 3. The van der Waals surface area contributed by atoms with Gasteiger partial charge < -0.3 is 9.14 Å². The third-order valence-electron chi connectivity index (χ3n) is 2.61. The van der Waals surface area contributed by atoms with Gasteiger partial charge in [0.25, 0.3) is 0 Å². The summed E-state index contributed by atoms with van der Waals surface area (Å²) in [4.78, 5) is 24.9. The minimum absolute atomic E-state index is 0.305. The van der Waals surface area contributed by atoms with E-state index in [0.29, 0.717) is 17.7 Å². The van der Waals surface area contributed by atoms with E-state index in [0.717, 1.165) is 21.7 Å². The van der Waals surface area contributed by atoms with Crippen molar-refractivity contribution >= 4 is 28.4 Å². The van der Waals surface area contributed by atoms with Gasteiger partial charge in [-0.2, -0.15) is 0 Å². The fourth-order valence-electron chi connectivity index (χ4n) is 1.89. The van der Waals surface area contributed by atoms with E-state index in [1.54, 1.807) is 6.92 Å². The molecule has 5 heteroatoms. The molecular weight excluding hydrogens is 238 g/mol. The Morgan fingerprint density at radius 1 is 1.53 bits per heavy atom. The van der Waals surface area contributed by atoms with Crippen molar-refractivity contribution in [3.63, 3.8) is 0 Å². The van der Waals surface area contributed by atoms with Crippen LogP contribution in [0.25, 0.3) is 4.83 Å². The van der Waals surface area contributed by atoms with Crippen molar-refractivity contribution in [2.24, 2.45) is 0 Å². The number of aldehydes is 1. The Hall–Kier alpha value is -1.62. The molecule has 0 bridgehead atoms. The van der Waals surface area contributed by atoms with Gasteiger partial charge in [0.05, 0.1) is 17.7 Å². The summed E-state index contributed by atoms with van der Waals surface area (Å²) in [5.41, 5.74) is 1.57. The van der Waals surface area contributed by atoms with Crippen molar-refractivity contribution in [2.45, 2.75) is 20.8 Å². The number of aryl methyl sites for hydroxylation is 2. The topological polar surface area (TPSA) is 47.8 Å². The maximum atomic E-state index is 11.8. The van der Waals surface area contributed by atoms with Gasteiger partial charge in [-0.25, -0.2) is 4.79 Å². The van der Waals surface area contributed by atoms with Gasteiger partial charge in [0.1, 0.15) is 4.83 Å². The Balaban J connectivity index is 2.70. The SMILES string of the molecule is CCOC(=O)c1c(C=O)c2sc(C)cn2c1C. The molecule has 90 valence electrons. The monoisotopic (exact) mass is 251 g/mol. The molecule has 2 aromatic heterocycles. The van der Waals surface area contributed by atoms with Crippen molar-refractivity contribution in [1.82, 2.24) is 4.40 Å². The highest BCUT2D eigenvalue weighted by Gasteiger charge is 2.23. The van der Waals surface area contributed by atoms with E-state index < -0.39 is 5.97 Å². The van der Waals surface area contributed by atoms with E-state index in [9.17, 15) is 9.59 Å². The first-order valence-corrected chi connectivity index (χ1v) is 6.15. The van der Waals surface area contributed by atoms with Crippen LogP contribution in [0.15, 0.2) is 6.20 Å². The standard InChI is InChI=1S/C12H13NO3S/c1-4-16-12(15)10-8(3)13-5-7(2)17-11(13)9(10)6-14/h5-6H,4H2,1-3H3. The highest BCUT2D eigenvalue weighted by Crippen LogP contribution is 2.28. The van der Waals surface area contributed by atoms with E-state index in [1.165, 1.54) is 11.3 Å². The number of nitrogens with zero attached hydrogens (tertiary/aromatic N) is 1. The second-order valence-electron chi connectivity index (χ2n) is 3.73. The van der Waals surface area contributed by atoms with Crippen LogP contribution in [-0.4, -0.2) is 23.3 Å². The second-order valence-corrected chi connectivity index (χ2v) is 4.96. The van der Waals surface area contributed by atoms with E-state index >= 15 is 0 Å². The zero-order valence-corrected chi connectivity index (χ0v) is 10.8. The number of aromatic nitrogens is 1. The molecule has 0 N–H and O–H groups in total. The lowest BCUT2D eigenvalue weighted by atomic mass is 10.1. The molecule has 0 atom stereocenters. The lowest BCUT2D eigenvalue weighted by Crippen LogP contribution is -2.07. The molecule has 0 aliphatic rings. The van der Waals surface area contributed by atoms with Crippen LogP contribution in [0.1, 0.15) is 38.2 Å². The van der Waals surface area contributed by atoms with Crippen LogP contribution in [0, 0.1) is 13.8 Å². The van der Waals surface area contributed by atoms with E-state index in [-0.39, 0.29) is 0 Å². The smallest absolute Gasteiger partial charge is 0.340 e. The van der Waals surface area contributed by atoms with Crippen LogP contribution in [-0.2, 0) is 4.74 Å². The summed E-state index contributed by atoms with van der Waals surface area (Å²) in [6.07, 6.45) is 2.65. The van der Waals surface area contributed by atoms with Gasteiger partial charge in [-0.1, -0.05) is 0 Å². The lowest BCUT2D eigenvalue weighted by Gasteiger charge is -2.01. The minimum atomic E-state index is -0.430. The van der Waals surface area contributed by atoms with Crippen LogP contribution in [0.4, 0.5) is 0 Å². The van der Waals surface area contributed by atoms with Crippen LogP contribution in [0.3, 0.4) is 0 Å². The number of fused-ring (bicyclic) bond motifs is 1. The van der Waals surface area contributed by atoms with Crippen molar-refractivity contribution in [1.29, 1.82) is 0 Å². The minimum Gasteiger partial charge on any atom is -0.462 e. The summed E-state index contributed by atoms with van der Waals surface area (Å²) in [5, 5.41) is 0. The average Bonchev–Trinajstić information content (AvgIpc) is 2.76. The molecule has 2 heterocycles. The number of ether oxygens (including phenoxy) is 1. The summed E-state index contributed by atoms with van der Waals surface area (Å²) in [6, 6.07) is 0. The molecular formula is C12H13NO3S. The quantitative estimate of drug-likeness (QED) is 0.622. The van der Waals surface area contributed by atoms with E-state index in [4.69, 9.17) is 4.74 Å². The first-order valence-electron chi connectivity index (χ1n) is 5.33. The molecule has 2 aromatic rings. The first kappa shape index (κ1) is 11.9. The third-order valence-corrected chi connectivity index (χ3v) is 3.65. The highest BCUT2D eigenvalue weighted by molar-refractivity contribution is 7.17. The van der Waals surface area contributed by atoms with Crippen LogP contribution in [0.5, 0.6) is 0 Å². The summed E-state index contributed by atoms with van der Waals surface area (Å²) < 4.78 is 6.84. The van der Waals surface area contributed by atoms with Gasteiger partial charge in [-0.05, 0) is 20.8 Å². The molecule has 0 aromatic carbocycles. The molecule has 0 amide bonds. The zero-order valence-electron chi connectivity index (χ0n) is 9.94. The molecule has 0 saturated heterocycles. The maximum absolute atomic E-state index is 11.8. The number of thiazole rings is 1. The number of carbonyl (C=O) groups excluding carboxylic acids is 2. The third kappa shape index (κ3) is 1.76. The second kappa shape index (κ2) is 4.33. The Bertz CT molecular complexity index is 594. The van der Waals surface area contributed by atoms with Gasteiger partial charge in [-0.15, -0.1) is 11.3 Å². The molecule has 0 fully saturated rings. The Morgan fingerprint density at radius 2 is 2.24 bits per heavy atom. The fourth-order valence-corrected chi connectivity index (χ4v) is 2.91. The molecule has 0 saturated carbocycles. The first-order chi connectivity index (χ1) is 8.10. The largest absolute Gasteiger partial charge is 0.462 e. The van der Waals surface area contributed by atoms with Crippen molar-refractivity contribution in [3.8, 4) is 0 Å². The summed E-state index contributed by atoms with van der Waals surface area (Å²) in [7, 11) is 0. The van der Waals surface area contributed by atoms with Crippen molar-refractivity contribution in [3.05, 3.63) is 27.9 Å². The number of hydrogen-bond donors (Lipinski definition) is 0. The van der Waals surface area contributed by atoms with Gasteiger partial charge in [0.15, 0.2) is 6.29 Å². The molecule has 0 radical (unpaired) electrons. The number of hydrogen-bond acceptors (Lipinski definition) is 4. The number of esters is 1. The molecule has 17 heavy (non-hydrogen) atoms.